The summed E-state index contributed by atoms with van der Waals surface area (Å²) >= 11 is 0. The molecule has 0 heterocycles. The van der Waals surface area contributed by atoms with Crippen molar-refractivity contribution < 1.29 is 18.7 Å². The van der Waals surface area contributed by atoms with E-state index in [0.717, 1.165) is 6.92 Å². The van der Waals surface area contributed by atoms with Crippen LogP contribution in [0.2, 0.25) is 0 Å². The third-order valence-corrected chi connectivity index (χ3v) is 2.36. The molecule has 5 heteroatoms. The highest BCUT2D eigenvalue weighted by Gasteiger charge is 2.20. The van der Waals surface area contributed by atoms with Crippen LogP contribution in [0.5, 0.6) is 0 Å². The first-order valence-electron chi connectivity index (χ1n) is 5.24. The van der Waals surface area contributed by atoms with Crippen LogP contribution in [-0.4, -0.2) is 23.5 Å². The highest BCUT2D eigenvalue weighted by atomic mass is 19.3. The molecule has 1 rings (SSSR count). The lowest BCUT2D eigenvalue weighted by atomic mass is 10.0. The minimum absolute atomic E-state index is 0.474. The van der Waals surface area contributed by atoms with Crippen molar-refractivity contribution in [3.05, 3.63) is 29.8 Å². The number of halogens is 2. The zero-order chi connectivity index (χ0) is 13.1. The molecular weight excluding hydrogens is 228 g/mol. The van der Waals surface area contributed by atoms with E-state index in [1.807, 2.05) is 0 Å². The van der Waals surface area contributed by atoms with E-state index in [1.54, 1.807) is 31.2 Å². The highest BCUT2D eigenvalue weighted by Crippen LogP contribution is 2.20. The van der Waals surface area contributed by atoms with Gasteiger partial charge in [-0.2, -0.15) is 0 Å². The normalized spacial score (nSPS) is 13.2. The number of carboxylic acid groups (broad SMARTS) is 1. The fraction of sp³-hybridized carbons (Fsp3) is 0.417. The lowest BCUT2D eigenvalue weighted by molar-refractivity contribution is -0.138. The van der Waals surface area contributed by atoms with Crippen LogP contribution in [0.15, 0.2) is 24.3 Å². The summed E-state index contributed by atoms with van der Waals surface area (Å²) in [4.78, 5) is 10.8. The minimum Gasteiger partial charge on any atom is -0.481 e. The summed E-state index contributed by atoms with van der Waals surface area (Å²) in [6.45, 7) is 1.90. The number of hydrogen-bond acceptors (Lipinski definition) is 2. The van der Waals surface area contributed by atoms with Crippen LogP contribution in [0.4, 0.5) is 14.5 Å². The quantitative estimate of drug-likeness (QED) is 0.835. The Balaban J connectivity index is 2.76. The van der Waals surface area contributed by atoms with Gasteiger partial charge >= 0.3 is 5.97 Å². The first kappa shape index (κ1) is 13.4. The third-order valence-electron chi connectivity index (χ3n) is 2.36. The van der Waals surface area contributed by atoms with Crippen molar-refractivity contribution in [3.8, 4) is 0 Å². The smallest absolute Gasteiger partial charge is 0.310 e. The Morgan fingerprint density at radius 2 is 2.18 bits per heavy atom. The van der Waals surface area contributed by atoms with Crippen molar-refractivity contribution in [2.45, 2.75) is 25.7 Å². The second kappa shape index (κ2) is 5.12. The lowest BCUT2D eigenvalue weighted by Gasteiger charge is -2.14. The molecule has 0 radical (unpaired) electrons. The first-order chi connectivity index (χ1) is 7.79. The maximum atomic E-state index is 12.6. The molecule has 0 aliphatic rings. The van der Waals surface area contributed by atoms with Gasteiger partial charge in [0.2, 0.25) is 0 Å². The fourth-order valence-electron chi connectivity index (χ4n) is 1.32. The van der Waals surface area contributed by atoms with E-state index in [1.165, 1.54) is 0 Å². The molecule has 0 spiro atoms. The summed E-state index contributed by atoms with van der Waals surface area (Å²) in [6, 6.07) is 6.51. The van der Waals surface area contributed by atoms with Crippen molar-refractivity contribution in [2.75, 3.05) is 11.9 Å². The van der Waals surface area contributed by atoms with Gasteiger partial charge in [0.1, 0.15) is 0 Å². The molecule has 0 amide bonds. The number of alkyl halides is 2. The molecule has 0 saturated heterocycles. The largest absolute Gasteiger partial charge is 0.481 e. The molecule has 17 heavy (non-hydrogen) atoms. The van der Waals surface area contributed by atoms with E-state index in [4.69, 9.17) is 5.11 Å². The van der Waals surface area contributed by atoms with E-state index in [2.05, 4.69) is 5.32 Å². The standard InChI is InChI=1S/C12H15F2NO2/c1-8(11(16)17)9-4-3-5-10(6-9)15-7-12(2,13)14/h3-6,8,15H,7H2,1-2H3,(H,16,17). The molecule has 0 saturated carbocycles. The van der Waals surface area contributed by atoms with Crippen LogP contribution in [0.1, 0.15) is 25.3 Å². The molecule has 0 aromatic heterocycles. The van der Waals surface area contributed by atoms with Crippen LogP contribution in [0, 0.1) is 0 Å². The van der Waals surface area contributed by atoms with Crippen LogP contribution in [0.25, 0.3) is 0 Å². The molecule has 2 N–H and O–H groups in total. The minimum atomic E-state index is -2.80. The Bertz CT molecular complexity index is 402. The first-order valence-corrected chi connectivity index (χ1v) is 5.24. The summed E-state index contributed by atoms with van der Waals surface area (Å²) in [5.74, 6) is -4.39. The number of benzene rings is 1. The highest BCUT2D eigenvalue weighted by molar-refractivity contribution is 5.76. The zero-order valence-corrected chi connectivity index (χ0v) is 9.71. The summed E-state index contributed by atoms with van der Waals surface area (Å²) in [5, 5.41) is 11.4. The van der Waals surface area contributed by atoms with Gasteiger partial charge in [0.05, 0.1) is 12.5 Å². The Morgan fingerprint density at radius 3 is 2.71 bits per heavy atom. The average Bonchev–Trinajstić information content (AvgIpc) is 2.24. The van der Waals surface area contributed by atoms with Crippen LogP contribution in [0.3, 0.4) is 0 Å². The second-order valence-corrected chi connectivity index (χ2v) is 4.11. The number of anilines is 1. The Labute approximate surface area is 98.5 Å². The lowest BCUT2D eigenvalue weighted by Crippen LogP contribution is -2.22. The zero-order valence-electron chi connectivity index (χ0n) is 9.71. The van der Waals surface area contributed by atoms with Crippen molar-refractivity contribution in [2.24, 2.45) is 0 Å². The molecule has 1 aromatic rings. The number of carbonyl (C=O) groups is 1. The topological polar surface area (TPSA) is 49.3 Å². The third kappa shape index (κ3) is 4.38. The molecule has 1 aromatic carbocycles. The van der Waals surface area contributed by atoms with Gasteiger partial charge in [-0.15, -0.1) is 0 Å². The van der Waals surface area contributed by atoms with Crippen molar-refractivity contribution >= 4 is 11.7 Å². The van der Waals surface area contributed by atoms with Gasteiger partial charge in [-0.1, -0.05) is 12.1 Å². The van der Waals surface area contributed by atoms with Gasteiger partial charge in [0, 0.05) is 12.6 Å². The van der Waals surface area contributed by atoms with Gasteiger partial charge in [-0.25, -0.2) is 8.78 Å². The predicted octanol–water partition coefficient (Wildman–Crippen LogP) is 2.94. The molecular formula is C12H15F2NO2. The molecule has 3 nitrogen and oxygen atoms in total. The van der Waals surface area contributed by atoms with Gasteiger partial charge in [-0.05, 0) is 24.6 Å². The van der Waals surface area contributed by atoms with Gasteiger partial charge in [0.15, 0.2) is 0 Å². The van der Waals surface area contributed by atoms with Crippen LogP contribution >= 0.6 is 0 Å². The number of hydrogen-bond donors (Lipinski definition) is 2. The van der Waals surface area contributed by atoms with E-state index in [-0.39, 0.29) is 0 Å². The number of rotatable bonds is 5. The van der Waals surface area contributed by atoms with Crippen LogP contribution < -0.4 is 5.32 Å². The van der Waals surface area contributed by atoms with E-state index >= 15 is 0 Å². The molecule has 0 aliphatic heterocycles. The molecule has 0 fully saturated rings. The van der Waals surface area contributed by atoms with Gasteiger partial charge in [0.25, 0.3) is 5.92 Å². The molecule has 1 unspecified atom stereocenters. The number of carboxylic acids is 1. The summed E-state index contributed by atoms with van der Waals surface area (Å²) in [7, 11) is 0. The molecule has 0 bridgehead atoms. The fourth-order valence-corrected chi connectivity index (χ4v) is 1.32. The molecule has 1 atom stereocenters. The average molecular weight is 243 g/mol. The number of aliphatic carboxylic acids is 1. The summed E-state index contributed by atoms with van der Waals surface area (Å²) < 4.78 is 25.3. The number of nitrogens with one attached hydrogen (secondary N) is 1. The second-order valence-electron chi connectivity index (χ2n) is 4.11. The van der Waals surface area contributed by atoms with E-state index < -0.39 is 24.4 Å². The molecule has 0 aliphatic carbocycles. The maximum Gasteiger partial charge on any atom is 0.310 e. The SMILES string of the molecule is CC(C(=O)O)c1cccc(NCC(C)(F)F)c1. The van der Waals surface area contributed by atoms with E-state index in [0.29, 0.717) is 11.3 Å². The van der Waals surface area contributed by atoms with Crippen LogP contribution in [-0.2, 0) is 4.79 Å². The Kier molecular flexibility index (Phi) is 4.04. The van der Waals surface area contributed by atoms with Crippen molar-refractivity contribution in [3.63, 3.8) is 0 Å². The van der Waals surface area contributed by atoms with Gasteiger partial charge < -0.3 is 10.4 Å². The van der Waals surface area contributed by atoms with Gasteiger partial charge in [-0.3, -0.25) is 4.79 Å². The summed E-state index contributed by atoms with van der Waals surface area (Å²) in [5.41, 5.74) is 1.08. The van der Waals surface area contributed by atoms with Crippen molar-refractivity contribution in [1.29, 1.82) is 0 Å². The van der Waals surface area contributed by atoms with E-state index in [9.17, 15) is 13.6 Å². The monoisotopic (exact) mass is 243 g/mol. The predicted molar refractivity (Wildman–Crippen MR) is 61.6 cm³/mol. The molecule has 94 valence electrons. The maximum absolute atomic E-state index is 12.6. The summed E-state index contributed by atoms with van der Waals surface area (Å²) in [6.07, 6.45) is 0. The Morgan fingerprint density at radius 1 is 1.53 bits per heavy atom. The Hall–Kier alpha value is -1.65. The van der Waals surface area contributed by atoms with Crippen molar-refractivity contribution in [1.82, 2.24) is 0 Å².